The Bertz CT molecular complexity index is 1340. The summed E-state index contributed by atoms with van der Waals surface area (Å²) in [4.78, 5) is 55.0. The summed E-state index contributed by atoms with van der Waals surface area (Å²) in [6.07, 6.45) is 5.69. The molecule has 0 fully saturated rings. The molecule has 0 aliphatic carbocycles. The van der Waals surface area contributed by atoms with Crippen molar-refractivity contribution in [2.75, 3.05) is 5.32 Å². The van der Waals surface area contributed by atoms with Crippen molar-refractivity contribution < 1.29 is 23.9 Å². The first-order valence-corrected chi connectivity index (χ1v) is 14.6. The Hall–Kier alpha value is -4.03. The van der Waals surface area contributed by atoms with Crippen molar-refractivity contribution in [3.05, 3.63) is 64.2 Å². The number of halogens is 1. The SMILES string of the molecule is C#Cc1ccccc1C(C(=O)Nc1c(C)cccc1Cl)N(C(=O)C(CC(N)=O)NC(=O)OC(C)(C)C)C(C)CCC(C)C. The summed E-state index contributed by atoms with van der Waals surface area (Å²) in [5.41, 5.74) is 6.55. The van der Waals surface area contributed by atoms with Gasteiger partial charge in [0, 0.05) is 11.6 Å². The van der Waals surface area contributed by atoms with E-state index in [4.69, 9.17) is 28.5 Å². The lowest BCUT2D eigenvalue weighted by Crippen LogP contribution is -2.56. The molecule has 232 valence electrons. The van der Waals surface area contributed by atoms with Gasteiger partial charge >= 0.3 is 6.09 Å². The van der Waals surface area contributed by atoms with Crippen LogP contribution in [0.1, 0.15) is 83.5 Å². The zero-order valence-electron chi connectivity index (χ0n) is 26.0. The molecule has 4 amide bonds. The van der Waals surface area contributed by atoms with Crippen LogP contribution in [-0.2, 0) is 19.1 Å². The number of carbonyl (C=O) groups is 4. The minimum atomic E-state index is -1.41. The molecular weight excluding hydrogens is 568 g/mol. The van der Waals surface area contributed by atoms with E-state index in [1.54, 1.807) is 70.2 Å². The number of ether oxygens (including phenoxy) is 1. The summed E-state index contributed by atoms with van der Waals surface area (Å²) in [6.45, 7) is 12.7. The lowest BCUT2D eigenvalue weighted by Gasteiger charge is -2.39. The minimum absolute atomic E-state index is 0.303. The van der Waals surface area contributed by atoms with E-state index in [1.165, 1.54) is 4.90 Å². The van der Waals surface area contributed by atoms with Gasteiger partial charge in [0.2, 0.25) is 11.8 Å². The molecule has 2 rings (SSSR count). The number of hydrogen-bond acceptors (Lipinski definition) is 5. The van der Waals surface area contributed by atoms with Crippen LogP contribution in [0.3, 0.4) is 0 Å². The van der Waals surface area contributed by atoms with Crippen molar-refractivity contribution in [1.29, 1.82) is 0 Å². The molecule has 0 saturated heterocycles. The normalized spacial score (nSPS) is 13.3. The summed E-state index contributed by atoms with van der Waals surface area (Å²) in [5, 5.41) is 5.72. The number of hydrogen-bond donors (Lipinski definition) is 3. The number of benzene rings is 2. The van der Waals surface area contributed by atoms with Crippen LogP contribution in [0.25, 0.3) is 0 Å². The molecule has 0 radical (unpaired) electrons. The largest absolute Gasteiger partial charge is 0.444 e. The zero-order chi connectivity index (χ0) is 32.5. The van der Waals surface area contributed by atoms with E-state index in [-0.39, 0.29) is 0 Å². The fraction of sp³-hybridized carbons (Fsp3) is 0.455. The van der Waals surface area contributed by atoms with Crippen LogP contribution in [0.4, 0.5) is 10.5 Å². The second-order valence-electron chi connectivity index (χ2n) is 12.0. The van der Waals surface area contributed by atoms with Gasteiger partial charge in [-0.2, -0.15) is 0 Å². The predicted molar refractivity (Wildman–Crippen MR) is 169 cm³/mol. The van der Waals surface area contributed by atoms with Crippen molar-refractivity contribution in [3.8, 4) is 12.3 Å². The molecule has 3 atom stereocenters. The standard InChI is InChI=1S/C33H43ClN4O5/c1-9-23-14-10-11-15-24(23)29(30(40)37-28-21(4)13-12-16-25(28)34)38(22(5)18-17-20(2)3)31(41)26(19-27(35)39)36-32(42)43-33(6,7)8/h1,10-16,20,22,26,29H,17-19H2,2-8H3,(H2,35,39)(H,36,42)(H,37,40). The number of rotatable bonds is 12. The number of nitrogens with one attached hydrogen (secondary N) is 2. The van der Waals surface area contributed by atoms with Gasteiger partial charge in [-0.15, -0.1) is 6.42 Å². The maximum absolute atomic E-state index is 14.5. The minimum Gasteiger partial charge on any atom is -0.444 e. The zero-order valence-corrected chi connectivity index (χ0v) is 26.7. The van der Waals surface area contributed by atoms with E-state index in [0.717, 1.165) is 6.42 Å². The number of terminal acetylenes is 1. The summed E-state index contributed by atoms with van der Waals surface area (Å²) in [5.74, 6) is 0.834. The summed E-state index contributed by atoms with van der Waals surface area (Å²) < 4.78 is 5.36. The Kier molecular flexibility index (Phi) is 12.6. The second kappa shape index (κ2) is 15.4. The average Bonchev–Trinajstić information content (AvgIpc) is 2.90. The van der Waals surface area contributed by atoms with E-state index in [0.29, 0.717) is 39.7 Å². The van der Waals surface area contributed by atoms with E-state index >= 15 is 0 Å². The fourth-order valence-electron chi connectivity index (χ4n) is 4.61. The summed E-state index contributed by atoms with van der Waals surface area (Å²) in [6, 6.07) is 8.83. The number of para-hydroxylation sites is 1. The monoisotopic (exact) mass is 610 g/mol. The van der Waals surface area contributed by atoms with E-state index in [9.17, 15) is 19.2 Å². The van der Waals surface area contributed by atoms with Gasteiger partial charge in [-0.05, 0) is 76.6 Å². The maximum atomic E-state index is 14.5. The third-order valence-corrected chi connectivity index (χ3v) is 7.01. The molecule has 43 heavy (non-hydrogen) atoms. The van der Waals surface area contributed by atoms with E-state index in [2.05, 4.69) is 30.4 Å². The summed E-state index contributed by atoms with van der Waals surface area (Å²) >= 11 is 6.45. The lowest BCUT2D eigenvalue weighted by atomic mass is 9.94. The molecule has 0 heterocycles. The second-order valence-corrected chi connectivity index (χ2v) is 12.4. The Balaban J connectivity index is 2.75. The van der Waals surface area contributed by atoms with Crippen molar-refractivity contribution in [2.45, 2.75) is 91.5 Å². The first-order chi connectivity index (χ1) is 20.0. The van der Waals surface area contributed by atoms with Gasteiger partial charge in [0.1, 0.15) is 17.7 Å². The molecular formula is C33H43ClN4O5. The van der Waals surface area contributed by atoms with Crippen LogP contribution in [0, 0.1) is 25.2 Å². The number of carbonyl (C=O) groups excluding carboxylic acids is 4. The first kappa shape index (κ1) is 35.2. The topological polar surface area (TPSA) is 131 Å². The third kappa shape index (κ3) is 10.3. The number of aryl methyl sites for hydroxylation is 1. The smallest absolute Gasteiger partial charge is 0.408 e. The quantitative estimate of drug-likeness (QED) is 0.264. The average molecular weight is 611 g/mol. The molecule has 0 bridgehead atoms. The Morgan fingerprint density at radius 2 is 1.70 bits per heavy atom. The van der Waals surface area contributed by atoms with Crippen LogP contribution in [-0.4, -0.2) is 46.4 Å². The van der Waals surface area contributed by atoms with Crippen molar-refractivity contribution >= 4 is 41.1 Å². The van der Waals surface area contributed by atoms with Crippen molar-refractivity contribution in [1.82, 2.24) is 10.2 Å². The molecule has 0 saturated carbocycles. The van der Waals surface area contributed by atoms with Gasteiger partial charge < -0.3 is 26.0 Å². The fourth-order valence-corrected chi connectivity index (χ4v) is 4.88. The van der Waals surface area contributed by atoms with Crippen LogP contribution >= 0.6 is 11.6 Å². The number of primary amides is 1. The van der Waals surface area contributed by atoms with Gasteiger partial charge in [-0.25, -0.2) is 4.79 Å². The highest BCUT2D eigenvalue weighted by Crippen LogP contribution is 2.33. The Morgan fingerprint density at radius 3 is 2.26 bits per heavy atom. The summed E-state index contributed by atoms with van der Waals surface area (Å²) in [7, 11) is 0. The maximum Gasteiger partial charge on any atom is 0.408 e. The van der Waals surface area contributed by atoms with Crippen LogP contribution in [0.15, 0.2) is 42.5 Å². The Morgan fingerprint density at radius 1 is 1.05 bits per heavy atom. The van der Waals surface area contributed by atoms with Crippen LogP contribution in [0.2, 0.25) is 5.02 Å². The van der Waals surface area contributed by atoms with Crippen LogP contribution in [0.5, 0.6) is 0 Å². The third-order valence-electron chi connectivity index (χ3n) is 6.69. The molecule has 2 aromatic rings. The predicted octanol–water partition coefficient (Wildman–Crippen LogP) is 5.73. The first-order valence-electron chi connectivity index (χ1n) is 14.3. The molecule has 4 N–H and O–H groups in total. The van der Waals surface area contributed by atoms with E-state index < -0.39 is 54.0 Å². The van der Waals surface area contributed by atoms with Crippen LogP contribution < -0.4 is 16.4 Å². The van der Waals surface area contributed by atoms with Crippen molar-refractivity contribution in [2.24, 2.45) is 11.7 Å². The number of nitrogens with two attached hydrogens (primary N) is 1. The molecule has 0 aromatic heterocycles. The number of amides is 4. The Labute approximate surface area is 259 Å². The van der Waals surface area contributed by atoms with Gasteiger partial charge in [0.25, 0.3) is 5.91 Å². The number of nitrogens with zero attached hydrogens (tertiary/aromatic N) is 1. The highest BCUT2D eigenvalue weighted by Gasteiger charge is 2.40. The van der Waals surface area contributed by atoms with Gasteiger partial charge in [-0.1, -0.05) is 61.7 Å². The highest BCUT2D eigenvalue weighted by atomic mass is 35.5. The van der Waals surface area contributed by atoms with E-state index in [1.807, 2.05) is 6.92 Å². The molecule has 10 heteroatoms. The van der Waals surface area contributed by atoms with Gasteiger partial charge in [0.15, 0.2) is 0 Å². The number of alkyl carbamates (subject to hydrolysis) is 1. The van der Waals surface area contributed by atoms with Gasteiger partial charge in [-0.3, -0.25) is 14.4 Å². The number of anilines is 1. The van der Waals surface area contributed by atoms with Crippen molar-refractivity contribution in [3.63, 3.8) is 0 Å². The molecule has 2 aromatic carbocycles. The molecule has 0 spiro atoms. The molecule has 9 nitrogen and oxygen atoms in total. The molecule has 3 unspecified atom stereocenters. The highest BCUT2D eigenvalue weighted by molar-refractivity contribution is 6.34. The lowest BCUT2D eigenvalue weighted by molar-refractivity contribution is -0.144. The van der Waals surface area contributed by atoms with Gasteiger partial charge in [0.05, 0.1) is 17.1 Å². The molecule has 0 aliphatic rings. The molecule has 0 aliphatic heterocycles.